The minimum Gasteiger partial charge on any atom is -0.464 e. The predicted octanol–water partition coefficient (Wildman–Crippen LogP) is 3.25. The monoisotopic (exact) mass is 371 g/mol. The molecule has 0 aliphatic heterocycles. The molecule has 0 heterocycles. The van der Waals surface area contributed by atoms with Gasteiger partial charge in [0.1, 0.15) is 6.54 Å². The van der Waals surface area contributed by atoms with Crippen molar-refractivity contribution < 1.29 is 19.1 Å². The molecule has 0 spiro atoms. The molecule has 1 amide bonds. The third-order valence-electron chi connectivity index (χ3n) is 4.09. The quantitative estimate of drug-likeness (QED) is 0.599. The molecule has 5 nitrogen and oxygen atoms in total. The lowest BCUT2D eigenvalue weighted by atomic mass is 9.98. The molecule has 1 saturated carbocycles. The molecule has 1 aliphatic carbocycles. The number of hydrogen-bond donors (Lipinski definition) is 1. The lowest BCUT2D eigenvalue weighted by Crippen LogP contribution is -2.32. The molecule has 0 atom stereocenters. The van der Waals surface area contributed by atoms with Gasteiger partial charge in [-0.1, -0.05) is 29.8 Å². The standard InChI is InChI=1S/C20H18ClNO4/c21-15-9-7-14(8-10-15)19(24)16-3-1-2-4-17(16)20(25)22-11-18(23)26-12-13-5-6-13/h1-4,7-10,13H,5-6,11-12H2,(H,22,25). The Morgan fingerprint density at radius 1 is 1.00 bits per heavy atom. The van der Waals surface area contributed by atoms with E-state index in [4.69, 9.17) is 16.3 Å². The van der Waals surface area contributed by atoms with Crippen molar-refractivity contribution >= 4 is 29.3 Å². The number of carbonyl (C=O) groups excluding carboxylic acids is 3. The van der Waals surface area contributed by atoms with Gasteiger partial charge in [-0.15, -0.1) is 0 Å². The Kier molecular flexibility index (Phi) is 5.68. The number of amides is 1. The van der Waals surface area contributed by atoms with Gasteiger partial charge in [0.15, 0.2) is 5.78 Å². The number of esters is 1. The largest absolute Gasteiger partial charge is 0.464 e. The third kappa shape index (κ3) is 4.70. The molecule has 2 aromatic carbocycles. The fourth-order valence-electron chi connectivity index (χ4n) is 2.43. The summed E-state index contributed by atoms with van der Waals surface area (Å²) in [6.45, 7) is 0.176. The molecule has 0 radical (unpaired) electrons. The van der Waals surface area contributed by atoms with Gasteiger partial charge in [0, 0.05) is 16.1 Å². The predicted molar refractivity (Wildman–Crippen MR) is 97.3 cm³/mol. The van der Waals surface area contributed by atoms with Crippen LogP contribution in [0.1, 0.15) is 39.1 Å². The highest BCUT2D eigenvalue weighted by molar-refractivity contribution is 6.30. The molecule has 0 unspecified atom stereocenters. The summed E-state index contributed by atoms with van der Waals surface area (Å²) in [4.78, 5) is 36.8. The average Bonchev–Trinajstić information content (AvgIpc) is 3.49. The first kappa shape index (κ1) is 18.1. The van der Waals surface area contributed by atoms with Gasteiger partial charge in [-0.2, -0.15) is 0 Å². The molecule has 0 aromatic heterocycles. The topological polar surface area (TPSA) is 72.5 Å². The molecular weight excluding hydrogens is 354 g/mol. The van der Waals surface area contributed by atoms with Crippen molar-refractivity contribution in [3.63, 3.8) is 0 Å². The van der Waals surface area contributed by atoms with Crippen LogP contribution in [-0.2, 0) is 9.53 Å². The fraction of sp³-hybridized carbons (Fsp3) is 0.250. The number of rotatable bonds is 7. The first-order valence-electron chi connectivity index (χ1n) is 8.37. The maximum atomic E-state index is 12.7. The Labute approximate surface area is 156 Å². The highest BCUT2D eigenvalue weighted by atomic mass is 35.5. The van der Waals surface area contributed by atoms with Crippen molar-refractivity contribution in [1.82, 2.24) is 5.32 Å². The van der Waals surface area contributed by atoms with Crippen LogP contribution < -0.4 is 5.32 Å². The number of halogens is 1. The number of carbonyl (C=O) groups is 3. The normalized spacial score (nSPS) is 13.1. The van der Waals surface area contributed by atoms with Crippen molar-refractivity contribution in [2.24, 2.45) is 5.92 Å². The van der Waals surface area contributed by atoms with E-state index >= 15 is 0 Å². The maximum absolute atomic E-state index is 12.7. The average molecular weight is 372 g/mol. The van der Waals surface area contributed by atoms with Crippen molar-refractivity contribution in [2.45, 2.75) is 12.8 Å². The molecule has 1 aliphatic rings. The van der Waals surface area contributed by atoms with Crippen LogP contribution in [0.15, 0.2) is 48.5 Å². The van der Waals surface area contributed by atoms with E-state index in [-0.39, 0.29) is 23.5 Å². The molecule has 134 valence electrons. The van der Waals surface area contributed by atoms with Crippen LogP contribution in [0.3, 0.4) is 0 Å². The van der Waals surface area contributed by atoms with E-state index in [0.717, 1.165) is 12.8 Å². The Morgan fingerprint density at radius 2 is 1.65 bits per heavy atom. The van der Waals surface area contributed by atoms with Gasteiger partial charge in [-0.05, 0) is 49.1 Å². The lowest BCUT2D eigenvalue weighted by Gasteiger charge is -2.10. The first-order valence-corrected chi connectivity index (χ1v) is 8.75. The summed E-state index contributed by atoms with van der Waals surface area (Å²) >= 11 is 5.84. The van der Waals surface area contributed by atoms with Crippen LogP contribution in [0.25, 0.3) is 0 Å². The number of benzene rings is 2. The van der Waals surface area contributed by atoms with Gasteiger partial charge in [0.2, 0.25) is 0 Å². The van der Waals surface area contributed by atoms with Crippen molar-refractivity contribution in [3.8, 4) is 0 Å². The number of ketones is 1. The molecule has 0 bridgehead atoms. The van der Waals surface area contributed by atoms with Crippen molar-refractivity contribution in [1.29, 1.82) is 0 Å². The van der Waals surface area contributed by atoms with Crippen LogP contribution in [0, 0.1) is 5.92 Å². The molecule has 1 fully saturated rings. The highest BCUT2D eigenvalue weighted by Crippen LogP contribution is 2.28. The molecule has 3 rings (SSSR count). The van der Waals surface area contributed by atoms with E-state index < -0.39 is 11.9 Å². The number of hydrogen-bond acceptors (Lipinski definition) is 4. The molecule has 6 heteroatoms. The van der Waals surface area contributed by atoms with E-state index in [9.17, 15) is 14.4 Å². The van der Waals surface area contributed by atoms with Gasteiger partial charge >= 0.3 is 5.97 Å². The lowest BCUT2D eigenvalue weighted by molar-refractivity contribution is -0.142. The zero-order valence-corrected chi connectivity index (χ0v) is 14.8. The van der Waals surface area contributed by atoms with Gasteiger partial charge in [-0.3, -0.25) is 14.4 Å². The SMILES string of the molecule is O=C(CNC(=O)c1ccccc1C(=O)c1ccc(Cl)cc1)OCC1CC1. The second-order valence-corrected chi connectivity index (χ2v) is 6.63. The van der Waals surface area contributed by atoms with Crippen molar-refractivity contribution in [3.05, 3.63) is 70.2 Å². The van der Waals surface area contributed by atoms with Crippen LogP contribution in [0.2, 0.25) is 5.02 Å². The highest BCUT2D eigenvalue weighted by Gasteiger charge is 2.23. The van der Waals surface area contributed by atoms with E-state index in [1.807, 2.05) is 0 Å². The van der Waals surface area contributed by atoms with Gasteiger partial charge in [-0.25, -0.2) is 0 Å². The number of nitrogens with one attached hydrogen (secondary N) is 1. The fourth-order valence-corrected chi connectivity index (χ4v) is 2.56. The zero-order chi connectivity index (χ0) is 18.5. The molecular formula is C20H18ClNO4. The van der Waals surface area contributed by atoms with Crippen molar-refractivity contribution in [2.75, 3.05) is 13.2 Å². The summed E-state index contributed by atoms with van der Waals surface area (Å²) in [7, 11) is 0. The van der Waals surface area contributed by atoms with Crippen LogP contribution >= 0.6 is 11.6 Å². The smallest absolute Gasteiger partial charge is 0.325 e. The van der Waals surface area contributed by atoms with Crippen LogP contribution in [-0.4, -0.2) is 30.8 Å². The zero-order valence-electron chi connectivity index (χ0n) is 14.0. The van der Waals surface area contributed by atoms with Gasteiger partial charge in [0.05, 0.1) is 12.2 Å². The first-order chi connectivity index (χ1) is 12.5. The van der Waals surface area contributed by atoms with E-state index in [1.165, 1.54) is 0 Å². The molecule has 0 saturated heterocycles. The van der Waals surface area contributed by atoms with E-state index in [1.54, 1.807) is 48.5 Å². The summed E-state index contributed by atoms with van der Waals surface area (Å²) in [6, 6.07) is 12.9. The minimum atomic E-state index is -0.494. The molecule has 1 N–H and O–H groups in total. The van der Waals surface area contributed by atoms with Gasteiger partial charge < -0.3 is 10.1 Å². The van der Waals surface area contributed by atoms with Crippen LogP contribution in [0.4, 0.5) is 0 Å². The summed E-state index contributed by atoms with van der Waals surface area (Å²) < 4.78 is 5.08. The molecule has 26 heavy (non-hydrogen) atoms. The Hall–Kier alpha value is -2.66. The third-order valence-corrected chi connectivity index (χ3v) is 4.34. The Balaban J connectivity index is 1.67. The van der Waals surface area contributed by atoms with E-state index in [0.29, 0.717) is 23.1 Å². The number of ether oxygens (including phenoxy) is 1. The Morgan fingerprint density at radius 3 is 2.31 bits per heavy atom. The Bertz CT molecular complexity index is 828. The maximum Gasteiger partial charge on any atom is 0.325 e. The minimum absolute atomic E-state index is 0.211. The summed E-state index contributed by atoms with van der Waals surface area (Å²) in [5.74, 6) is -0.797. The van der Waals surface area contributed by atoms with Crippen LogP contribution in [0.5, 0.6) is 0 Å². The summed E-state index contributed by atoms with van der Waals surface area (Å²) in [5, 5.41) is 3.04. The molecule has 2 aromatic rings. The van der Waals surface area contributed by atoms with Gasteiger partial charge in [0.25, 0.3) is 5.91 Å². The van der Waals surface area contributed by atoms with E-state index in [2.05, 4.69) is 5.32 Å². The summed E-state index contributed by atoms with van der Waals surface area (Å²) in [6.07, 6.45) is 2.17. The second-order valence-electron chi connectivity index (χ2n) is 6.19. The summed E-state index contributed by atoms with van der Waals surface area (Å²) in [5.41, 5.74) is 0.902. The second kappa shape index (κ2) is 8.15.